The maximum Gasteiger partial charge on any atom is 0.00965 e. The summed E-state index contributed by atoms with van der Waals surface area (Å²) in [5, 5.41) is 3.92. The Morgan fingerprint density at radius 1 is 1.00 bits per heavy atom. The Balaban J connectivity index is 1.36. The van der Waals surface area contributed by atoms with Crippen LogP contribution in [0.25, 0.3) is 0 Å². The highest BCUT2D eigenvalue weighted by Gasteiger charge is 2.34. The van der Waals surface area contributed by atoms with Crippen LogP contribution in [-0.2, 0) is 0 Å². The lowest BCUT2D eigenvalue weighted by Gasteiger charge is -2.21. The largest absolute Gasteiger partial charge is 0.314 e. The molecule has 2 aliphatic carbocycles. The summed E-state index contributed by atoms with van der Waals surface area (Å²) in [6, 6.07) is 1.79. The first-order valence-electron chi connectivity index (χ1n) is 9.20. The predicted molar refractivity (Wildman–Crippen MR) is 85.9 cm³/mol. The van der Waals surface area contributed by atoms with E-state index in [1.165, 1.54) is 71.0 Å². The van der Waals surface area contributed by atoms with Crippen molar-refractivity contribution in [2.75, 3.05) is 19.6 Å². The number of rotatable bonds is 5. The molecule has 0 bridgehead atoms. The normalized spacial score (nSPS) is 36.5. The van der Waals surface area contributed by atoms with Crippen molar-refractivity contribution in [3.8, 4) is 0 Å². The highest BCUT2D eigenvalue weighted by molar-refractivity contribution is 4.90. The van der Waals surface area contributed by atoms with Gasteiger partial charge >= 0.3 is 0 Å². The molecule has 0 spiro atoms. The van der Waals surface area contributed by atoms with Crippen LogP contribution in [0.2, 0.25) is 0 Å². The molecule has 3 fully saturated rings. The van der Waals surface area contributed by atoms with E-state index in [9.17, 15) is 0 Å². The van der Waals surface area contributed by atoms with Crippen LogP contribution in [0.4, 0.5) is 0 Å². The Labute approximate surface area is 125 Å². The lowest BCUT2D eigenvalue weighted by Crippen LogP contribution is -2.34. The van der Waals surface area contributed by atoms with Crippen LogP contribution in [0, 0.1) is 17.8 Å². The highest BCUT2D eigenvalue weighted by atomic mass is 15.2. The maximum absolute atomic E-state index is 3.92. The van der Waals surface area contributed by atoms with E-state index < -0.39 is 0 Å². The Morgan fingerprint density at radius 2 is 1.85 bits per heavy atom. The van der Waals surface area contributed by atoms with Gasteiger partial charge in [-0.25, -0.2) is 0 Å². The fourth-order valence-electron chi connectivity index (χ4n) is 4.34. The van der Waals surface area contributed by atoms with E-state index in [1.54, 1.807) is 0 Å². The number of hydrogen-bond acceptors (Lipinski definition) is 2. The van der Waals surface area contributed by atoms with Gasteiger partial charge in [-0.1, -0.05) is 26.7 Å². The van der Waals surface area contributed by atoms with Gasteiger partial charge in [0.15, 0.2) is 0 Å². The summed E-state index contributed by atoms with van der Waals surface area (Å²) in [7, 11) is 0. The summed E-state index contributed by atoms with van der Waals surface area (Å²) in [5.41, 5.74) is 0. The molecule has 1 N–H and O–H groups in total. The molecule has 2 nitrogen and oxygen atoms in total. The molecule has 0 aromatic rings. The zero-order valence-corrected chi connectivity index (χ0v) is 13.6. The molecular formula is C18H34N2. The van der Waals surface area contributed by atoms with Crippen LogP contribution in [-0.4, -0.2) is 36.6 Å². The Kier molecular flexibility index (Phi) is 5.04. The summed E-state index contributed by atoms with van der Waals surface area (Å²) in [4.78, 5) is 2.74. The van der Waals surface area contributed by atoms with Gasteiger partial charge in [-0.2, -0.15) is 0 Å². The molecule has 1 aliphatic heterocycles. The van der Waals surface area contributed by atoms with Gasteiger partial charge in [0.1, 0.15) is 0 Å². The zero-order chi connectivity index (χ0) is 13.9. The van der Waals surface area contributed by atoms with E-state index in [2.05, 4.69) is 24.1 Å². The van der Waals surface area contributed by atoms with Crippen LogP contribution >= 0.6 is 0 Å². The third kappa shape index (κ3) is 3.98. The van der Waals surface area contributed by atoms with Crippen molar-refractivity contribution in [2.45, 2.75) is 77.3 Å². The molecule has 0 aromatic heterocycles. The van der Waals surface area contributed by atoms with Crippen molar-refractivity contribution in [1.82, 2.24) is 10.2 Å². The average Bonchev–Trinajstić information content (AvgIpc) is 3.21. The van der Waals surface area contributed by atoms with Crippen LogP contribution in [0.3, 0.4) is 0 Å². The smallest absolute Gasteiger partial charge is 0.00965 e. The Hall–Kier alpha value is -0.0800. The first kappa shape index (κ1) is 14.8. The number of hydrogen-bond donors (Lipinski definition) is 1. The maximum atomic E-state index is 3.92. The second-order valence-corrected chi connectivity index (χ2v) is 8.00. The van der Waals surface area contributed by atoms with Crippen molar-refractivity contribution >= 4 is 0 Å². The van der Waals surface area contributed by atoms with Gasteiger partial charge in [0.05, 0.1) is 0 Å². The fraction of sp³-hybridized carbons (Fsp3) is 1.00. The van der Waals surface area contributed by atoms with Crippen LogP contribution in [0.1, 0.15) is 65.2 Å². The van der Waals surface area contributed by atoms with Crippen molar-refractivity contribution in [2.24, 2.45) is 17.8 Å². The van der Waals surface area contributed by atoms with Gasteiger partial charge in [0.25, 0.3) is 0 Å². The third-order valence-corrected chi connectivity index (χ3v) is 6.03. The van der Waals surface area contributed by atoms with Gasteiger partial charge in [0, 0.05) is 18.6 Å². The van der Waals surface area contributed by atoms with Crippen LogP contribution in [0.5, 0.6) is 0 Å². The molecule has 3 rings (SSSR count). The molecule has 0 amide bonds. The monoisotopic (exact) mass is 278 g/mol. The summed E-state index contributed by atoms with van der Waals surface area (Å²) in [6.45, 7) is 8.84. The Morgan fingerprint density at radius 3 is 2.60 bits per heavy atom. The van der Waals surface area contributed by atoms with Crippen molar-refractivity contribution in [3.63, 3.8) is 0 Å². The molecule has 3 atom stereocenters. The van der Waals surface area contributed by atoms with Gasteiger partial charge < -0.3 is 10.2 Å². The fourth-order valence-corrected chi connectivity index (χ4v) is 4.34. The van der Waals surface area contributed by atoms with E-state index in [-0.39, 0.29) is 0 Å². The van der Waals surface area contributed by atoms with Crippen molar-refractivity contribution in [1.29, 1.82) is 0 Å². The summed E-state index contributed by atoms with van der Waals surface area (Å²) < 4.78 is 0. The molecule has 20 heavy (non-hydrogen) atoms. The second-order valence-electron chi connectivity index (χ2n) is 8.00. The first-order valence-corrected chi connectivity index (χ1v) is 9.20. The SMILES string of the molecule is CC(C)C1CCCC(NCC2CCN(C3CC3)C2)CC1. The molecule has 0 aromatic carbocycles. The summed E-state index contributed by atoms with van der Waals surface area (Å²) >= 11 is 0. The molecule has 2 heteroatoms. The molecule has 3 aliphatic rings. The van der Waals surface area contributed by atoms with E-state index in [1.807, 2.05) is 0 Å². The standard InChI is InChI=1S/C18H34N2/c1-14(2)16-4-3-5-17(7-6-16)19-12-15-10-11-20(13-15)18-8-9-18/h14-19H,3-13H2,1-2H3. The number of nitrogens with zero attached hydrogens (tertiary/aromatic N) is 1. The quantitative estimate of drug-likeness (QED) is 0.772. The third-order valence-electron chi connectivity index (χ3n) is 6.03. The van der Waals surface area contributed by atoms with E-state index in [0.29, 0.717) is 0 Å². The lowest BCUT2D eigenvalue weighted by atomic mass is 9.89. The second kappa shape index (κ2) is 6.79. The first-order chi connectivity index (χ1) is 9.72. The topological polar surface area (TPSA) is 15.3 Å². The molecule has 116 valence electrons. The summed E-state index contributed by atoms with van der Waals surface area (Å²) in [5.74, 6) is 2.80. The molecule has 3 unspecified atom stereocenters. The molecule has 2 saturated carbocycles. The average molecular weight is 278 g/mol. The van der Waals surface area contributed by atoms with Gasteiger partial charge in [-0.3, -0.25) is 0 Å². The molecule has 1 saturated heterocycles. The van der Waals surface area contributed by atoms with Crippen molar-refractivity contribution < 1.29 is 0 Å². The van der Waals surface area contributed by atoms with Gasteiger partial charge in [-0.15, -0.1) is 0 Å². The minimum Gasteiger partial charge on any atom is -0.314 e. The highest BCUT2D eigenvalue weighted by Crippen LogP contribution is 2.32. The Bertz CT molecular complexity index is 298. The molecule has 0 radical (unpaired) electrons. The zero-order valence-electron chi connectivity index (χ0n) is 13.6. The minimum absolute atomic E-state index is 0.814. The van der Waals surface area contributed by atoms with Crippen LogP contribution < -0.4 is 5.32 Å². The van der Waals surface area contributed by atoms with Gasteiger partial charge in [0.2, 0.25) is 0 Å². The molecule has 1 heterocycles. The van der Waals surface area contributed by atoms with E-state index in [0.717, 1.165) is 29.8 Å². The predicted octanol–water partition coefficient (Wildman–Crippen LogP) is 3.67. The molecular weight excluding hydrogens is 244 g/mol. The van der Waals surface area contributed by atoms with Crippen molar-refractivity contribution in [3.05, 3.63) is 0 Å². The number of likely N-dealkylation sites (tertiary alicyclic amines) is 1. The number of nitrogens with one attached hydrogen (secondary N) is 1. The summed E-state index contributed by atoms with van der Waals surface area (Å²) in [6.07, 6.45) is 11.6. The minimum atomic E-state index is 0.814. The van der Waals surface area contributed by atoms with Crippen LogP contribution in [0.15, 0.2) is 0 Å². The van der Waals surface area contributed by atoms with Gasteiger partial charge in [-0.05, 0) is 69.4 Å². The lowest BCUT2D eigenvalue weighted by molar-refractivity contribution is 0.306. The van der Waals surface area contributed by atoms with E-state index in [4.69, 9.17) is 0 Å². The van der Waals surface area contributed by atoms with E-state index >= 15 is 0 Å².